The smallest absolute Gasteiger partial charge is 0.337 e. The number of hydrogen-bond acceptors (Lipinski definition) is 27. The number of thioether (sulfide) groups is 1. The van der Waals surface area contributed by atoms with Gasteiger partial charge in [-0.1, -0.05) is 142 Å². The van der Waals surface area contributed by atoms with Crippen LogP contribution in [-0.4, -0.2) is 167 Å². The number of aromatic carboxylic acids is 1. The van der Waals surface area contributed by atoms with E-state index in [1.807, 2.05) is 19.9 Å². The summed E-state index contributed by atoms with van der Waals surface area (Å²) in [6, 6.07) is 16.6. The number of dihydropyridines is 1. The third-order valence-corrected chi connectivity index (χ3v) is 29.2. The Balaban J connectivity index is 0.000000181. The first kappa shape index (κ1) is 102. The number of nitro groups is 1. The first-order valence-corrected chi connectivity index (χ1v) is 46.7. The van der Waals surface area contributed by atoms with Gasteiger partial charge in [0.1, 0.15) is 34.6 Å². The number of furan rings is 1. The van der Waals surface area contributed by atoms with Crippen LogP contribution in [0.2, 0.25) is 10.0 Å². The number of nitro benzene ring substituents is 1. The van der Waals surface area contributed by atoms with E-state index in [9.17, 15) is 71.9 Å². The summed E-state index contributed by atoms with van der Waals surface area (Å²) in [6.45, 7) is 18.8. The zero-order valence-electron chi connectivity index (χ0n) is 72.8. The topological polar surface area (TPSA) is 468 Å². The lowest BCUT2D eigenvalue weighted by Gasteiger charge is -2.61. The number of ether oxygens (including phenoxy) is 6. The normalized spacial score (nSPS) is 27.5. The van der Waals surface area contributed by atoms with Crippen LogP contribution in [0.4, 0.5) is 11.4 Å². The number of carbonyl (C=O) groups is 9. The van der Waals surface area contributed by atoms with Crippen LogP contribution in [0.1, 0.15) is 198 Å². The summed E-state index contributed by atoms with van der Waals surface area (Å²) in [5.41, 5.74) is 10.1. The number of benzene rings is 3. The van der Waals surface area contributed by atoms with Gasteiger partial charge in [-0.2, -0.15) is 0 Å². The van der Waals surface area contributed by atoms with Crippen LogP contribution in [0.3, 0.4) is 0 Å². The number of nitrogens with one attached hydrogen (secondary N) is 3. The summed E-state index contributed by atoms with van der Waals surface area (Å²) in [5, 5.41) is 62.6. The van der Waals surface area contributed by atoms with Crippen LogP contribution >= 0.6 is 58.2 Å². The lowest BCUT2D eigenvalue weighted by molar-refractivity contribution is -0.384. The van der Waals surface area contributed by atoms with Gasteiger partial charge in [0.15, 0.2) is 15.7 Å². The van der Waals surface area contributed by atoms with Crippen LogP contribution in [0.15, 0.2) is 146 Å². The van der Waals surface area contributed by atoms with Gasteiger partial charge in [-0.3, -0.25) is 38.9 Å². The number of carboxylic acid groups (broad SMARTS) is 1. The molecule has 18 atom stereocenters. The van der Waals surface area contributed by atoms with Gasteiger partial charge in [-0.25, -0.2) is 27.9 Å². The number of ketones is 1. The lowest BCUT2D eigenvalue weighted by Crippen LogP contribution is -2.57. The molecule has 4 aromatic rings. The molecule has 3 aliphatic heterocycles. The molecule has 13 rings (SSSR count). The molecule has 1 aromatic heterocycles. The number of hydrogen-bond donors (Lipinski definition) is 9. The Morgan fingerprint density at radius 3 is 2.20 bits per heavy atom. The number of anilines is 1. The molecule has 30 nitrogen and oxygen atoms in total. The molecular weight excluding hydrogens is 1770 g/mol. The zero-order valence-corrected chi connectivity index (χ0v) is 77.4. The van der Waals surface area contributed by atoms with Gasteiger partial charge in [0.2, 0.25) is 10.0 Å². The standard InChI is InChI=1S/C24H36O5.C24H32O4S.C20H25ClN2O5.C12H11ClN2O5S.C11H12Cl2N2O5/c1-5-15(3)24(27)29-21-11-14(2)10-17-7-6-16(4)20(23(17)21)9-8-19-12-18(25)13-22(26)28-19;1-14(25)29-19-13-15-12-16(26)4-8-22(15,2)17-5-9-23(3)18(21(17)19)6-10-24(23)11-7-20(27)28-24;1-4-28-20(25)18-15(11-27-10-9-22)23-12(2)16(19(24)26-3)17(18)13-7-5-6-8-14(13)21;13-9-5-10(15-6-7-2-1-3-20-7)8(12(16)17)4-11(9)21(14,18)19;12-10(13)11(18)14-8(5-16)9(17)6-1-3-7(4-2-6)15(19)20/h6-7,10,14-16,18-21,23,25H,5,8-9,11-13H2,1-4H3;12,17-19,21H,4-11,13H2,1-3H3;5-8,17,23H,4,9-11,22H2,1-3H3;1-5,15H,6H2,(H,16,17)(H2,14,18,19);1-4,8-10,16-17H,5H2,(H,14,18)/t14-,15-,16-,18+,19+,20-,21-,23-;17-,18-,19+,21+,22-,23-,24+;;;8-,9-/m00..1/s1. The number of non-ortho nitro benzene ring substituents is 1. The van der Waals surface area contributed by atoms with Crippen molar-refractivity contribution in [3.8, 4) is 0 Å². The minimum absolute atomic E-state index is 0.0119. The number of aliphatic hydroxyl groups is 3. The summed E-state index contributed by atoms with van der Waals surface area (Å²) in [6.07, 6.45) is 19.9. The second-order valence-electron chi connectivity index (χ2n) is 34.1. The highest BCUT2D eigenvalue weighted by atomic mass is 35.5. The maximum absolute atomic E-state index is 12.9. The van der Waals surface area contributed by atoms with E-state index >= 15 is 0 Å². The molecule has 4 heterocycles. The molecule has 9 aliphatic rings. The van der Waals surface area contributed by atoms with Gasteiger partial charge in [0, 0.05) is 72.2 Å². The fourth-order valence-electron chi connectivity index (χ4n) is 19.5. The first-order chi connectivity index (χ1) is 60.1. The van der Waals surface area contributed by atoms with E-state index in [0.717, 1.165) is 76.7 Å². The predicted octanol–water partition coefficient (Wildman–Crippen LogP) is 14.1. The highest BCUT2D eigenvalue weighted by Gasteiger charge is 2.69. The molecule has 3 aromatic carbocycles. The molecule has 694 valence electrons. The number of rotatable bonds is 26. The zero-order chi connectivity index (χ0) is 93.3. The van der Waals surface area contributed by atoms with E-state index in [4.69, 9.17) is 100 Å². The minimum Gasteiger partial charge on any atom is -0.478 e. The SMILES string of the molecule is CC(=O)S[C@@H]1CC2=CC(=O)CC[C@]2(C)[C@H]2CC[C@@]3(C)[C@@H](CC[C@@]34CCC(=O)O4)[C@H]12.CCOC(=O)C1=C(COCCN)NC(C)=C(C(=O)OC)C1c1ccccc1Cl.CC[C@H](C)C(=O)O[C@H]1C[C@@H](C)C=C2C=C[C@H](C)[C@H](CC[C@@H]3C[C@@H](O)CC(=O)O3)[C@H]21.NS(=O)(=O)c1cc(C(=O)O)c(NCc2ccco2)cc1Cl.O=C(N[C@H](CO)[C@H](O)c1ccc([N+](=O)[O-])cc1)C(Cl)Cl. The Kier molecular flexibility index (Phi) is 36.5. The van der Waals surface area contributed by atoms with E-state index in [2.05, 4.69) is 61.9 Å². The van der Waals surface area contributed by atoms with E-state index in [1.54, 1.807) is 57.2 Å². The lowest BCUT2D eigenvalue weighted by atomic mass is 9.46. The molecule has 1 amide bonds. The fraction of sp³-hybridized carbons (Fsp3) is 0.549. The largest absolute Gasteiger partial charge is 0.478 e. The maximum atomic E-state index is 12.9. The third-order valence-electron chi connectivity index (χ3n) is 26.0. The van der Waals surface area contributed by atoms with Crippen molar-refractivity contribution in [2.45, 2.75) is 222 Å². The molecule has 1 spiro atoms. The Labute approximate surface area is 763 Å². The number of fused-ring (bicyclic) bond motifs is 7. The van der Waals surface area contributed by atoms with E-state index in [-0.39, 0.29) is 128 Å². The fourth-order valence-corrected chi connectivity index (χ4v) is 22.2. The number of cyclic esters (lactones) is 1. The van der Waals surface area contributed by atoms with Gasteiger partial charge in [-0.05, 0) is 191 Å². The summed E-state index contributed by atoms with van der Waals surface area (Å²) < 4.78 is 61.1. The van der Waals surface area contributed by atoms with E-state index < -0.39 is 79.3 Å². The van der Waals surface area contributed by atoms with E-state index in [0.29, 0.717) is 107 Å². The van der Waals surface area contributed by atoms with Crippen molar-refractivity contribution < 1.29 is 110 Å². The molecule has 36 heteroatoms. The van der Waals surface area contributed by atoms with Gasteiger partial charge in [0.05, 0.1) is 115 Å². The highest BCUT2D eigenvalue weighted by molar-refractivity contribution is 8.14. The molecule has 0 bridgehead atoms. The van der Waals surface area contributed by atoms with E-state index in [1.165, 1.54) is 66.6 Å². The molecule has 127 heavy (non-hydrogen) atoms. The van der Waals surface area contributed by atoms with Gasteiger partial charge in [-0.15, -0.1) is 0 Å². The quantitative estimate of drug-likeness (QED) is 0.00704. The van der Waals surface area contributed by atoms with Gasteiger partial charge in [0.25, 0.3) is 11.6 Å². The molecule has 3 saturated carbocycles. The number of methoxy groups -OCH3 is 1. The molecule has 5 fully saturated rings. The Morgan fingerprint density at radius 2 is 1.60 bits per heavy atom. The first-order valence-electron chi connectivity index (χ1n) is 42.6. The number of esters is 5. The van der Waals surface area contributed by atoms with Crippen LogP contribution in [0.25, 0.3) is 0 Å². The number of primary sulfonamides is 1. The molecule has 0 radical (unpaired) electrons. The van der Waals surface area contributed by atoms with Crippen LogP contribution in [0.5, 0.6) is 0 Å². The monoisotopic (exact) mass is 1880 g/mol. The predicted molar refractivity (Wildman–Crippen MR) is 477 cm³/mol. The van der Waals surface area contributed by atoms with Crippen molar-refractivity contribution in [2.75, 3.05) is 45.4 Å². The Bertz CT molecular complexity index is 4950. The molecule has 11 N–H and O–H groups in total. The number of nitrogens with zero attached hydrogens (tertiary/aromatic N) is 1. The number of allylic oxidation sites excluding steroid dienone is 5. The van der Waals surface area contributed by atoms with Gasteiger partial charge >= 0.3 is 35.8 Å². The number of halogens is 4. The van der Waals surface area contributed by atoms with Crippen LogP contribution in [0, 0.1) is 68.3 Å². The Hall–Kier alpha value is -8.51. The summed E-state index contributed by atoms with van der Waals surface area (Å²) in [5.74, 6) is -0.919. The highest BCUT2D eigenvalue weighted by Crippen LogP contribution is 2.71. The Morgan fingerprint density at radius 1 is 0.890 bits per heavy atom. The molecule has 2 saturated heterocycles. The summed E-state index contributed by atoms with van der Waals surface area (Å²) in [7, 11) is -2.81. The number of amides is 1. The van der Waals surface area contributed by atoms with Gasteiger partial charge < -0.3 is 74.9 Å². The molecule has 1 unspecified atom stereocenters. The summed E-state index contributed by atoms with van der Waals surface area (Å²) >= 11 is 24.5. The van der Waals surface area contributed by atoms with Crippen molar-refractivity contribution >= 4 is 132 Å². The second-order valence-corrected chi connectivity index (χ2v) is 38.9. The third kappa shape index (κ3) is 25.0. The average molecular weight is 1880 g/mol. The number of sulfonamides is 1. The number of nitrogens with two attached hydrogens (primary N) is 2. The number of carbonyl (C=O) groups excluding carboxylic acids is 8. The van der Waals surface area contributed by atoms with Crippen LogP contribution < -0.4 is 26.8 Å². The second kappa shape index (κ2) is 45.4. The number of aliphatic hydroxyl groups excluding tert-OH is 3. The average Bonchev–Trinajstić information content (AvgIpc) is 1.43. The number of carboxylic acids is 1. The van der Waals surface area contributed by atoms with Crippen molar-refractivity contribution in [3.05, 3.63) is 180 Å². The van der Waals surface area contributed by atoms with Crippen molar-refractivity contribution in [1.29, 1.82) is 0 Å². The minimum atomic E-state index is -4.11. The maximum Gasteiger partial charge on any atom is 0.337 e. The summed E-state index contributed by atoms with van der Waals surface area (Å²) in [4.78, 5) is 117. The van der Waals surface area contributed by atoms with Crippen molar-refractivity contribution in [2.24, 2.45) is 69.0 Å². The van der Waals surface area contributed by atoms with Crippen LogP contribution in [-0.2, 0) is 83.3 Å². The number of alkyl halides is 2. The van der Waals surface area contributed by atoms with Crippen molar-refractivity contribution in [3.63, 3.8) is 0 Å². The molecular formula is C91H116Cl4N6O24S2. The molecule has 6 aliphatic carbocycles. The van der Waals surface area contributed by atoms with Crippen molar-refractivity contribution in [1.82, 2.24) is 10.6 Å².